The number of carbonyl (C=O) groups is 4. The zero-order chi connectivity index (χ0) is 73.7. The maximum absolute atomic E-state index is 13.1. The molecule has 0 saturated carbocycles. The van der Waals surface area contributed by atoms with Crippen LogP contribution >= 0.6 is 15.6 Å². The molecule has 0 amide bonds. The van der Waals surface area contributed by atoms with Crippen LogP contribution in [0.1, 0.15) is 421 Å². The molecule has 0 fully saturated rings. The van der Waals surface area contributed by atoms with Crippen molar-refractivity contribution in [1.29, 1.82) is 0 Å². The van der Waals surface area contributed by atoms with E-state index in [0.717, 1.165) is 108 Å². The fourth-order valence-electron chi connectivity index (χ4n) is 12.5. The van der Waals surface area contributed by atoms with Gasteiger partial charge in [0.05, 0.1) is 26.4 Å². The van der Waals surface area contributed by atoms with E-state index in [-0.39, 0.29) is 25.7 Å². The summed E-state index contributed by atoms with van der Waals surface area (Å²) in [5.41, 5.74) is 0. The molecule has 0 aromatic heterocycles. The average molecular weight is 1470 g/mol. The van der Waals surface area contributed by atoms with E-state index in [1.165, 1.54) is 231 Å². The highest BCUT2D eigenvalue weighted by Crippen LogP contribution is 2.45. The maximum Gasteiger partial charge on any atom is 0.472 e. The highest BCUT2D eigenvalue weighted by molar-refractivity contribution is 7.47. The smallest absolute Gasteiger partial charge is 0.462 e. The number of hydrogen-bond acceptors (Lipinski definition) is 15. The molecule has 17 nitrogen and oxygen atoms in total. The molecule has 5 atom stereocenters. The van der Waals surface area contributed by atoms with Gasteiger partial charge >= 0.3 is 39.5 Å². The second-order valence-corrected chi connectivity index (χ2v) is 33.5. The minimum absolute atomic E-state index is 0.105. The second-order valence-electron chi connectivity index (χ2n) is 30.6. The first-order valence-electron chi connectivity index (χ1n) is 41.8. The van der Waals surface area contributed by atoms with Gasteiger partial charge in [0.25, 0.3) is 0 Å². The van der Waals surface area contributed by atoms with Crippen LogP contribution in [0.2, 0.25) is 0 Å². The molecule has 2 unspecified atom stereocenters. The van der Waals surface area contributed by atoms with Crippen LogP contribution in [-0.4, -0.2) is 96.7 Å². The molecule has 0 spiro atoms. The Kier molecular flexibility index (Phi) is 69.9. The minimum atomic E-state index is -4.96. The normalized spacial score (nSPS) is 14.0. The Balaban J connectivity index is 5.21. The number of ether oxygens (including phenoxy) is 4. The van der Waals surface area contributed by atoms with Gasteiger partial charge in [-0.15, -0.1) is 0 Å². The van der Waals surface area contributed by atoms with E-state index in [1.807, 2.05) is 0 Å². The Bertz CT molecular complexity index is 1940. The van der Waals surface area contributed by atoms with E-state index in [9.17, 15) is 43.2 Å². The summed E-state index contributed by atoms with van der Waals surface area (Å²) in [6.45, 7) is 11.9. The topological polar surface area (TPSA) is 237 Å². The van der Waals surface area contributed by atoms with Gasteiger partial charge in [-0.1, -0.05) is 370 Å². The third-order valence-corrected chi connectivity index (χ3v) is 20.8. The van der Waals surface area contributed by atoms with Crippen LogP contribution in [0, 0.1) is 17.8 Å². The molecule has 0 saturated heterocycles. The lowest BCUT2D eigenvalue weighted by Gasteiger charge is -2.21. The third-order valence-electron chi connectivity index (χ3n) is 18.9. The standard InChI is InChI=1S/C81H158O17P2/c1-8-9-10-11-12-13-14-15-16-17-18-19-20-21-22-23-24-27-34-43-50-57-64-80(85)97-76(68-91-78(83)62-55-48-41-33-28-25-26-31-38-45-52-59-72(2)3)70-95-99(87,88)93-66-75(82)67-94-100(89,90)96-71-77(69-92-79(84)63-56-49-42-37-36-40-47-54-61-74(6)7)98-81(86)65-58-51-44-35-30-29-32-39-46-53-60-73(4)5/h72-77,82H,8-71H2,1-7H3,(H,87,88)(H,89,90)/t75-,76-,77-/m1/s1. The van der Waals surface area contributed by atoms with Gasteiger partial charge in [0.1, 0.15) is 19.3 Å². The number of unbranched alkanes of at least 4 members (excludes halogenated alkanes) is 47. The Morgan fingerprint density at radius 3 is 0.680 bits per heavy atom. The van der Waals surface area contributed by atoms with Crippen molar-refractivity contribution in [3.8, 4) is 0 Å². The van der Waals surface area contributed by atoms with Crippen molar-refractivity contribution >= 4 is 39.5 Å². The largest absolute Gasteiger partial charge is 0.472 e. The van der Waals surface area contributed by atoms with Crippen LogP contribution in [0.25, 0.3) is 0 Å². The van der Waals surface area contributed by atoms with E-state index in [4.69, 9.17) is 37.0 Å². The lowest BCUT2D eigenvalue weighted by Crippen LogP contribution is -2.30. The number of carbonyl (C=O) groups excluding carboxylic acids is 4. The van der Waals surface area contributed by atoms with E-state index in [0.29, 0.717) is 25.7 Å². The fraction of sp³-hybridized carbons (Fsp3) is 0.951. The summed E-state index contributed by atoms with van der Waals surface area (Å²) in [7, 11) is -9.92. The van der Waals surface area contributed by atoms with Crippen LogP contribution in [0.4, 0.5) is 0 Å². The molecule has 0 aliphatic rings. The monoisotopic (exact) mass is 1470 g/mol. The Morgan fingerprint density at radius 1 is 0.270 bits per heavy atom. The van der Waals surface area contributed by atoms with Gasteiger partial charge in [0.2, 0.25) is 0 Å². The van der Waals surface area contributed by atoms with Gasteiger partial charge in [0, 0.05) is 25.7 Å². The molecular formula is C81H158O17P2. The van der Waals surface area contributed by atoms with Gasteiger partial charge in [-0.3, -0.25) is 37.3 Å². The van der Waals surface area contributed by atoms with Gasteiger partial charge in [0.15, 0.2) is 12.2 Å². The van der Waals surface area contributed by atoms with Gasteiger partial charge in [-0.05, 0) is 43.4 Å². The Labute approximate surface area is 613 Å². The molecule has 0 aromatic carbocycles. The summed E-state index contributed by atoms with van der Waals surface area (Å²) in [6.07, 6.45) is 59.8. The van der Waals surface area contributed by atoms with Crippen LogP contribution in [-0.2, 0) is 65.4 Å². The van der Waals surface area contributed by atoms with Crippen molar-refractivity contribution in [1.82, 2.24) is 0 Å². The summed E-state index contributed by atoms with van der Waals surface area (Å²) < 4.78 is 68.7. The molecule has 100 heavy (non-hydrogen) atoms. The van der Waals surface area contributed by atoms with Crippen LogP contribution in [0.5, 0.6) is 0 Å². The number of phosphoric acid groups is 2. The summed E-state index contributed by atoms with van der Waals surface area (Å²) in [5, 5.41) is 10.6. The summed E-state index contributed by atoms with van der Waals surface area (Å²) in [6, 6.07) is 0. The van der Waals surface area contributed by atoms with Crippen molar-refractivity contribution in [2.75, 3.05) is 39.6 Å². The summed E-state index contributed by atoms with van der Waals surface area (Å²) in [5.74, 6) is 0.135. The number of rotatable bonds is 79. The Hall–Kier alpha value is -1.94. The van der Waals surface area contributed by atoms with Crippen LogP contribution < -0.4 is 0 Å². The van der Waals surface area contributed by atoms with Gasteiger partial charge in [-0.25, -0.2) is 9.13 Å². The SMILES string of the molecule is CCCCCCCCCCCCCCCCCCCCCCCCC(=O)O[C@H](COC(=O)CCCCCCCCCCCCCC(C)C)COP(=O)(O)OC[C@@H](O)COP(=O)(O)OC[C@@H](COC(=O)CCCCCCCCCCC(C)C)OC(=O)CCCCCCCCCCCCC(C)C. The minimum Gasteiger partial charge on any atom is -0.462 e. The highest BCUT2D eigenvalue weighted by Gasteiger charge is 2.30. The molecular weight excluding hydrogens is 1310 g/mol. The molecule has 3 N–H and O–H groups in total. The van der Waals surface area contributed by atoms with Crippen molar-refractivity contribution in [3.63, 3.8) is 0 Å². The zero-order valence-electron chi connectivity index (χ0n) is 65.7. The quantitative estimate of drug-likeness (QED) is 0.0222. The first-order valence-corrected chi connectivity index (χ1v) is 44.8. The third kappa shape index (κ3) is 74.3. The second kappa shape index (κ2) is 71.3. The summed E-state index contributed by atoms with van der Waals surface area (Å²) in [4.78, 5) is 73.0. The maximum atomic E-state index is 13.1. The van der Waals surface area contributed by atoms with E-state index in [1.54, 1.807) is 0 Å². The molecule has 594 valence electrons. The van der Waals surface area contributed by atoms with Crippen molar-refractivity contribution in [3.05, 3.63) is 0 Å². The van der Waals surface area contributed by atoms with Gasteiger partial charge in [-0.2, -0.15) is 0 Å². The first-order chi connectivity index (χ1) is 48.2. The van der Waals surface area contributed by atoms with Crippen molar-refractivity contribution < 1.29 is 80.2 Å². The molecule has 0 radical (unpaired) electrons. The molecule has 0 aliphatic carbocycles. The number of aliphatic hydroxyl groups excluding tert-OH is 1. The van der Waals surface area contributed by atoms with Crippen LogP contribution in [0.15, 0.2) is 0 Å². The molecule has 19 heteroatoms. The van der Waals surface area contributed by atoms with E-state index >= 15 is 0 Å². The lowest BCUT2D eigenvalue weighted by molar-refractivity contribution is -0.161. The number of hydrogen-bond donors (Lipinski definition) is 3. The molecule has 0 heterocycles. The number of phosphoric ester groups is 2. The molecule has 0 aliphatic heterocycles. The predicted octanol–water partition coefficient (Wildman–Crippen LogP) is 24.1. The molecule has 0 aromatic rings. The lowest BCUT2D eigenvalue weighted by atomic mass is 10.0. The summed E-state index contributed by atoms with van der Waals surface area (Å²) >= 11 is 0. The van der Waals surface area contributed by atoms with Crippen molar-refractivity contribution in [2.24, 2.45) is 17.8 Å². The highest BCUT2D eigenvalue weighted by atomic mass is 31.2. The van der Waals surface area contributed by atoms with Crippen molar-refractivity contribution in [2.45, 2.75) is 439 Å². The average Bonchev–Trinajstić information content (AvgIpc) is 0.930. The van der Waals surface area contributed by atoms with Gasteiger partial charge < -0.3 is 33.8 Å². The predicted molar refractivity (Wildman–Crippen MR) is 409 cm³/mol. The molecule has 0 bridgehead atoms. The Morgan fingerprint density at radius 2 is 0.460 bits per heavy atom. The van der Waals surface area contributed by atoms with E-state index in [2.05, 4.69) is 48.5 Å². The zero-order valence-corrected chi connectivity index (χ0v) is 67.5. The van der Waals surface area contributed by atoms with E-state index < -0.39 is 97.5 Å². The fourth-order valence-corrected chi connectivity index (χ4v) is 14.1. The molecule has 0 rings (SSSR count). The van der Waals surface area contributed by atoms with Crippen LogP contribution in [0.3, 0.4) is 0 Å². The number of aliphatic hydroxyl groups is 1. The first kappa shape index (κ1) is 98.1. The number of esters is 4.